The van der Waals surface area contributed by atoms with Crippen LogP contribution in [0, 0.1) is 5.82 Å². The number of hydrogen-bond donors (Lipinski definition) is 0. The van der Waals surface area contributed by atoms with Gasteiger partial charge in [0.2, 0.25) is 0 Å². The molecule has 2 amide bonds. The van der Waals surface area contributed by atoms with Crippen LogP contribution in [-0.2, 0) is 15.3 Å². The lowest BCUT2D eigenvalue weighted by atomic mass is 10.1. The quantitative estimate of drug-likeness (QED) is 0.525. The molecular formula is C24H18FNO3S. The van der Waals surface area contributed by atoms with Gasteiger partial charge >= 0.3 is 0 Å². The average molecular weight is 419 g/mol. The first-order valence-electron chi connectivity index (χ1n) is 9.28. The van der Waals surface area contributed by atoms with Gasteiger partial charge in [0.05, 0.1) is 23.3 Å². The van der Waals surface area contributed by atoms with E-state index in [-0.39, 0.29) is 5.57 Å². The highest BCUT2D eigenvalue weighted by molar-refractivity contribution is 8.03. The fourth-order valence-electron chi connectivity index (χ4n) is 3.23. The lowest BCUT2D eigenvalue weighted by Gasteiger charge is -2.16. The number of halogens is 1. The molecule has 0 spiro atoms. The van der Waals surface area contributed by atoms with Gasteiger partial charge in [-0.3, -0.25) is 9.59 Å². The fourth-order valence-corrected chi connectivity index (χ4v) is 4.30. The monoisotopic (exact) mass is 419 g/mol. The molecule has 1 heterocycles. The minimum Gasteiger partial charge on any atom is -0.497 e. The molecule has 150 valence electrons. The van der Waals surface area contributed by atoms with Gasteiger partial charge in [-0.25, -0.2) is 9.29 Å². The molecule has 0 fully saturated rings. The van der Waals surface area contributed by atoms with E-state index >= 15 is 0 Å². The van der Waals surface area contributed by atoms with Crippen LogP contribution in [0.5, 0.6) is 5.75 Å². The summed E-state index contributed by atoms with van der Waals surface area (Å²) in [5.74, 6) is -0.156. The number of thioether (sulfide) groups is 1. The van der Waals surface area contributed by atoms with Gasteiger partial charge in [-0.05, 0) is 35.4 Å². The second-order valence-electron chi connectivity index (χ2n) is 6.63. The highest BCUT2D eigenvalue weighted by Crippen LogP contribution is 2.40. The number of carbonyl (C=O) groups is 2. The van der Waals surface area contributed by atoms with Gasteiger partial charge in [-0.1, -0.05) is 48.5 Å². The zero-order valence-corrected chi connectivity index (χ0v) is 17.0. The summed E-state index contributed by atoms with van der Waals surface area (Å²) in [4.78, 5) is 28.1. The molecule has 6 heteroatoms. The normalized spacial score (nSPS) is 13.9. The summed E-state index contributed by atoms with van der Waals surface area (Å²) < 4.78 is 18.7. The average Bonchev–Trinajstić information content (AvgIpc) is 3.03. The number of rotatable bonds is 6. The second kappa shape index (κ2) is 8.55. The largest absolute Gasteiger partial charge is 0.497 e. The predicted octanol–water partition coefficient (Wildman–Crippen LogP) is 5.05. The summed E-state index contributed by atoms with van der Waals surface area (Å²) in [5.41, 5.74) is 2.26. The van der Waals surface area contributed by atoms with Crippen LogP contribution in [0.25, 0.3) is 5.57 Å². The molecule has 3 aromatic rings. The summed E-state index contributed by atoms with van der Waals surface area (Å²) >= 11 is 1.31. The van der Waals surface area contributed by atoms with E-state index in [4.69, 9.17) is 4.74 Å². The molecule has 0 saturated carbocycles. The lowest BCUT2D eigenvalue weighted by Crippen LogP contribution is -2.31. The Bertz CT molecular complexity index is 1130. The Labute approximate surface area is 178 Å². The zero-order chi connectivity index (χ0) is 21.1. The number of anilines is 1. The molecular weight excluding hydrogens is 401 g/mol. The van der Waals surface area contributed by atoms with Gasteiger partial charge in [0.25, 0.3) is 11.8 Å². The Balaban J connectivity index is 1.74. The number of methoxy groups -OCH3 is 1. The number of benzene rings is 3. The lowest BCUT2D eigenvalue weighted by molar-refractivity contribution is -0.119. The zero-order valence-electron chi connectivity index (χ0n) is 16.2. The molecule has 4 rings (SSSR count). The van der Waals surface area contributed by atoms with E-state index in [0.717, 1.165) is 10.5 Å². The van der Waals surface area contributed by atoms with E-state index in [0.29, 0.717) is 27.7 Å². The van der Waals surface area contributed by atoms with Crippen LogP contribution >= 0.6 is 11.8 Å². The molecule has 0 saturated heterocycles. The van der Waals surface area contributed by atoms with Crippen molar-refractivity contribution in [3.63, 3.8) is 0 Å². The van der Waals surface area contributed by atoms with Crippen LogP contribution in [-0.4, -0.2) is 18.9 Å². The summed E-state index contributed by atoms with van der Waals surface area (Å²) in [5, 5.41) is 0. The van der Waals surface area contributed by atoms with Crippen LogP contribution < -0.4 is 9.64 Å². The Hall–Kier alpha value is -3.38. The number of imide groups is 1. The number of amides is 2. The smallest absolute Gasteiger partial charge is 0.272 e. The van der Waals surface area contributed by atoms with Gasteiger partial charge in [0.1, 0.15) is 11.6 Å². The van der Waals surface area contributed by atoms with Crippen molar-refractivity contribution in [2.24, 2.45) is 0 Å². The fraction of sp³-hybridized carbons (Fsp3) is 0.0833. The van der Waals surface area contributed by atoms with E-state index in [1.807, 2.05) is 30.3 Å². The maximum atomic E-state index is 13.4. The molecule has 0 unspecified atom stereocenters. The third-order valence-corrected chi connectivity index (χ3v) is 5.86. The molecule has 0 atom stereocenters. The van der Waals surface area contributed by atoms with Crippen molar-refractivity contribution in [3.8, 4) is 5.75 Å². The SMILES string of the molecule is COc1cccc(N2C(=O)C(SCc3ccccc3)=C(c3ccc(F)cc3)C2=O)c1. The molecule has 1 aliphatic heterocycles. The highest BCUT2D eigenvalue weighted by Gasteiger charge is 2.40. The van der Waals surface area contributed by atoms with Gasteiger partial charge in [0.15, 0.2) is 0 Å². The predicted molar refractivity (Wildman–Crippen MR) is 117 cm³/mol. The van der Waals surface area contributed by atoms with Crippen LogP contribution in [0.15, 0.2) is 83.8 Å². The first-order chi connectivity index (χ1) is 14.6. The Morgan fingerprint density at radius 3 is 2.33 bits per heavy atom. The standard InChI is InChI=1S/C24H18FNO3S/c1-29-20-9-5-8-19(14-20)26-23(27)21(17-10-12-18(25)13-11-17)22(24(26)28)30-15-16-6-3-2-4-7-16/h2-14H,15H2,1H3. The first kappa shape index (κ1) is 19.9. The van der Waals surface area contributed by atoms with Gasteiger partial charge in [-0.15, -0.1) is 11.8 Å². The van der Waals surface area contributed by atoms with Crippen LogP contribution in [0.2, 0.25) is 0 Å². The number of carbonyl (C=O) groups excluding carboxylic acids is 2. The van der Waals surface area contributed by atoms with Crippen molar-refractivity contribution in [2.75, 3.05) is 12.0 Å². The minimum atomic E-state index is -0.435. The second-order valence-corrected chi connectivity index (χ2v) is 7.62. The molecule has 0 aliphatic carbocycles. The summed E-state index contributed by atoms with van der Waals surface area (Å²) in [6, 6.07) is 22.1. The van der Waals surface area contributed by atoms with Crippen molar-refractivity contribution < 1.29 is 18.7 Å². The summed E-state index contributed by atoms with van der Waals surface area (Å²) in [6.45, 7) is 0. The summed E-state index contributed by atoms with van der Waals surface area (Å²) in [7, 11) is 1.52. The van der Waals surface area contributed by atoms with E-state index < -0.39 is 17.6 Å². The van der Waals surface area contributed by atoms with E-state index in [2.05, 4.69) is 0 Å². The third-order valence-electron chi connectivity index (χ3n) is 4.71. The van der Waals surface area contributed by atoms with Crippen molar-refractivity contribution >= 4 is 34.8 Å². The maximum absolute atomic E-state index is 13.4. The van der Waals surface area contributed by atoms with Gasteiger partial charge in [-0.2, -0.15) is 0 Å². The highest BCUT2D eigenvalue weighted by atomic mass is 32.2. The maximum Gasteiger partial charge on any atom is 0.272 e. The minimum absolute atomic E-state index is 0.281. The number of hydrogen-bond acceptors (Lipinski definition) is 4. The molecule has 30 heavy (non-hydrogen) atoms. The van der Waals surface area contributed by atoms with Crippen molar-refractivity contribution in [1.29, 1.82) is 0 Å². The molecule has 0 bridgehead atoms. The van der Waals surface area contributed by atoms with Crippen molar-refractivity contribution in [3.05, 3.63) is 101 Å². The molecule has 0 N–H and O–H groups in total. The molecule has 0 radical (unpaired) electrons. The van der Waals surface area contributed by atoms with E-state index in [9.17, 15) is 14.0 Å². The summed E-state index contributed by atoms with van der Waals surface area (Å²) in [6.07, 6.45) is 0. The number of nitrogens with zero attached hydrogens (tertiary/aromatic N) is 1. The molecule has 1 aliphatic rings. The van der Waals surface area contributed by atoms with E-state index in [1.165, 1.54) is 43.1 Å². The van der Waals surface area contributed by atoms with Crippen LogP contribution in [0.3, 0.4) is 0 Å². The molecule has 4 nitrogen and oxygen atoms in total. The topological polar surface area (TPSA) is 46.6 Å². The van der Waals surface area contributed by atoms with Gasteiger partial charge < -0.3 is 4.74 Å². The van der Waals surface area contributed by atoms with Crippen LogP contribution in [0.4, 0.5) is 10.1 Å². The van der Waals surface area contributed by atoms with Crippen LogP contribution in [0.1, 0.15) is 11.1 Å². The first-order valence-corrected chi connectivity index (χ1v) is 10.3. The van der Waals surface area contributed by atoms with Gasteiger partial charge in [0, 0.05) is 11.8 Å². The number of ether oxygens (including phenoxy) is 1. The van der Waals surface area contributed by atoms with E-state index in [1.54, 1.807) is 24.3 Å². The Morgan fingerprint density at radius 2 is 1.63 bits per heavy atom. The Kier molecular flexibility index (Phi) is 5.68. The van der Waals surface area contributed by atoms with Crippen molar-refractivity contribution in [1.82, 2.24) is 0 Å². The Morgan fingerprint density at radius 1 is 0.900 bits per heavy atom. The third kappa shape index (κ3) is 3.86. The molecule has 0 aromatic heterocycles. The molecule has 3 aromatic carbocycles. The van der Waals surface area contributed by atoms with Crippen molar-refractivity contribution in [2.45, 2.75) is 5.75 Å².